The first-order valence-electron chi connectivity index (χ1n) is 7.53. The number of hydrogen-bond acceptors (Lipinski definition) is 6. The SMILES string of the molecule is CCOC(=O)CCCn1nc(-c2ccc(OC)cc2)s/c1=N\C=O. The molecular weight excluding hydrogens is 330 g/mol. The maximum atomic E-state index is 11.4. The monoisotopic (exact) mass is 349 g/mol. The summed E-state index contributed by atoms with van der Waals surface area (Å²) in [5, 5.41) is 5.23. The molecule has 0 bridgehead atoms. The van der Waals surface area contributed by atoms with Gasteiger partial charge in [0.15, 0.2) is 0 Å². The molecule has 0 aliphatic heterocycles. The molecule has 0 fully saturated rings. The molecule has 0 saturated heterocycles. The highest BCUT2D eigenvalue weighted by Gasteiger charge is 2.09. The Balaban J connectivity index is 2.15. The number of benzene rings is 1. The number of hydrogen-bond donors (Lipinski definition) is 0. The van der Waals surface area contributed by atoms with Crippen LogP contribution in [0.3, 0.4) is 0 Å². The van der Waals surface area contributed by atoms with E-state index in [4.69, 9.17) is 9.47 Å². The minimum Gasteiger partial charge on any atom is -0.497 e. The lowest BCUT2D eigenvalue weighted by Gasteiger charge is -2.02. The highest BCUT2D eigenvalue weighted by atomic mass is 32.1. The van der Waals surface area contributed by atoms with Crippen molar-refractivity contribution in [3.05, 3.63) is 29.1 Å². The summed E-state index contributed by atoms with van der Waals surface area (Å²) in [5.74, 6) is 0.521. The second-order valence-corrected chi connectivity index (χ2v) is 5.74. The number of carbonyl (C=O) groups is 2. The van der Waals surface area contributed by atoms with E-state index in [0.717, 1.165) is 16.3 Å². The smallest absolute Gasteiger partial charge is 0.305 e. The van der Waals surface area contributed by atoms with Gasteiger partial charge in [-0.05, 0) is 37.6 Å². The van der Waals surface area contributed by atoms with E-state index in [0.29, 0.717) is 37.2 Å². The molecule has 2 rings (SSSR count). The first-order chi connectivity index (χ1) is 11.7. The Morgan fingerprint density at radius 1 is 1.38 bits per heavy atom. The quantitative estimate of drug-likeness (QED) is 0.538. The van der Waals surface area contributed by atoms with Gasteiger partial charge in [0.1, 0.15) is 10.8 Å². The van der Waals surface area contributed by atoms with Crippen molar-refractivity contribution in [3.8, 4) is 16.3 Å². The highest BCUT2D eigenvalue weighted by Crippen LogP contribution is 2.22. The molecule has 0 unspecified atom stereocenters. The van der Waals surface area contributed by atoms with Crippen LogP contribution in [0.15, 0.2) is 29.3 Å². The van der Waals surface area contributed by atoms with Gasteiger partial charge in [0.25, 0.3) is 0 Å². The fourth-order valence-electron chi connectivity index (χ4n) is 2.05. The fourth-order valence-corrected chi connectivity index (χ4v) is 2.95. The molecule has 0 atom stereocenters. The number of ether oxygens (including phenoxy) is 2. The zero-order valence-electron chi connectivity index (χ0n) is 13.6. The third-order valence-electron chi connectivity index (χ3n) is 3.18. The molecule has 0 radical (unpaired) electrons. The Hall–Kier alpha value is -2.48. The average molecular weight is 349 g/mol. The van der Waals surface area contributed by atoms with Crippen LogP contribution in [0.25, 0.3) is 10.6 Å². The first kappa shape index (κ1) is 17.9. The summed E-state index contributed by atoms with van der Waals surface area (Å²) < 4.78 is 11.7. The molecule has 0 aliphatic carbocycles. The van der Waals surface area contributed by atoms with Crippen molar-refractivity contribution < 1.29 is 19.1 Å². The van der Waals surface area contributed by atoms with E-state index >= 15 is 0 Å². The van der Waals surface area contributed by atoms with E-state index < -0.39 is 0 Å². The Bertz CT molecular complexity index is 749. The number of esters is 1. The van der Waals surface area contributed by atoms with Crippen LogP contribution in [-0.2, 0) is 20.9 Å². The van der Waals surface area contributed by atoms with Crippen molar-refractivity contribution in [2.24, 2.45) is 4.99 Å². The molecule has 1 aromatic heterocycles. The maximum absolute atomic E-state index is 11.4. The van der Waals surface area contributed by atoms with Crippen LogP contribution >= 0.6 is 11.3 Å². The van der Waals surface area contributed by atoms with Gasteiger partial charge in [0.05, 0.1) is 13.7 Å². The number of rotatable bonds is 8. The van der Waals surface area contributed by atoms with E-state index in [2.05, 4.69) is 10.1 Å². The van der Waals surface area contributed by atoms with Crippen molar-refractivity contribution in [1.29, 1.82) is 0 Å². The third-order valence-corrected chi connectivity index (χ3v) is 4.19. The summed E-state index contributed by atoms with van der Waals surface area (Å²) in [6.45, 7) is 2.63. The van der Waals surface area contributed by atoms with E-state index in [9.17, 15) is 9.59 Å². The van der Waals surface area contributed by atoms with E-state index in [1.165, 1.54) is 11.3 Å². The summed E-state index contributed by atoms with van der Waals surface area (Å²) in [4.78, 5) is 26.4. The summed E-state index contributed by atoms with van der Waals surface area (Å²) in [7, 11) is 1.61. The molecule has 24 heavy (non-hydrogen) atoms. The molecule has 128 valence electrons. The zero-order valence-corrected chi connectivity index (χ0v) is 14.4. The van der Waals surface area contributed by atoms with Gasteiger partial charge < -0.3 is 9.47 Å². The van der Waals surface area contributed by atoms with E-state index in [-0.39, 0.29) is 5.97 Å². The number of methoxy groups -OCH3 is 1. The maximum Gasteiger partial charge on any atom is 0.305 e. The second kappa shape index (κ2) is 8.97. The highest BCUT2D eigenvalue weighted by molar-refractivity contribution is 7.12. The largest absolute Gasteiger partial charge is 0.497 e. The van der Waals surface area contributed by atoms with Gasteiger partial charge in [0.2, 0.25) is 11.2 Å². The molecule has 8 heteroatoms. The summed E-state index contributed by atoms with van der Waals surface area (Å²) in [6.07, 6.45) is 1.36. The molecule has 7 nitrogen and oxygen atoms in total. The molecule has 1 heterocycles. The Labute approximate surface area is 143 Å². The van der Waals surface area contributed by atoms with Gasteiger partial charge in [0, 0.05) is 18.5 Å². The Kier molecular flexibility index (Phi) is 6.68. The standard InChI is InChI=1S/C16H19N3O4S/c1-3-23-14(21)5-4-10-19-16(17-11-20)24-15(18-19)12-6-8-13(22-2)9-7-12/h6-9,11H,3-5,10H2,1-2H3/b17-16-. The van der Waals surface area contributed by atoms with Gasteiger partial charge in [-0.1, -0.05) is 11.3 Å². The van der Waals surface area contributed by atoms with E-state index in [1.54, 1.807) is 18.7 Å². The predicted octanol–water partition coefficient (Wildman–Crippen LogP) is 2.02. The van der Waals surface area contributed by atoms with Crippen molar-refractivity contribution in [3.63, 3.8) is 0 Å². The van der Waals surface area contributed by atoms with Crippen LogP contribution in [-0.4, -0.2) is 35.9 Å². The van der Waals surface area contributed by atoms with Gasteiger partial charge in [-0.15, -0.1) is 0 Å². The molecule has 0 saturated carbocycles. The zero-order chi connectivity index (χ0) is 17.4. The number of carbonyl (C=O) groups excluding carboxylic acids is 2. The minimum absolute atomic E-state index is 0.238. The van der Waals surface area contributed by atoms with Crippen LogP contribution in [0.1, 0.15) is 19.8 Å². The van der Waals surface area contributed by atoms with Crippen LogP contribution in [0.5, 0.6) is 5.75 Å². The minimum atomic E-state index is -0.238. The molecular formula is C16H19N3O4S. The molecule has 0 N–H and O–H groups in total. The Morgan fingerprint density at radius 2 is 2.12 bits per heavy atom. The number of aryl methyl sites for hydroxylation is 1. The molecule has 0 aliphatic rings. The van der Waals surface area contributed by atoms with Crippen LogP contribution in [0.4, 0.5) is 0 Å². The van der Waals surface area contributed by atoms with Gasteiger partial charge in [-0.25, -0.2) is 4.68 Å². The average Bonchev–Trinajstić information content (AvgIpc) is 2.98. The summed E-state index contributed by atoms with van der Waals surface area (Å²) in [6, 6.07) is 7.48. The van der Waals surface area contributed by atoms with Crippen LogP contribution in [0.2, 0.25) is 0 Å². The predicted molar refractivity (Wildman–Crippen MR) is 89.6 cm³/mol. The topological polar surface area (TPSA) is 82.8 Å². The molecule has 0 spiro atoms. The summed E-state index contributed by atoms with van der Waals surface area (Å²) >= 11 is 1.32. The lowest BCUT2D eigenvalue weighted by molar-refractivity contribution is -0.143. The van der Waals surface area contributed by atoms with E-state index in [1.807, 2.05) is 24.3 Å². The second-order valence-electron chi connectivity index (χ2n) is 4.78. The van der Waals surface area contributed by atoms with Crippen molar-refractivity contribution >= 4 is 23.7 Å². The lowest BCUT2D eigenvalue weighted by Crippen LogP contribution is -2.17. The first-order valence-corrected chi connectivity index (χ1v) is 8.35. The van der Waals surface area contributed by atoms with Gasteiger partial charge in [-0.2, -0.15) is 10.1 Å². The summed E-state index contributed by atoms with van der Waals surface area (Å²) in [5.41, 5.74) is 0.910. The van der Waals surface area contributed by atoms with Crippen molar-refractivity contribution in [2.45, 2.75) is 26.3 Å². The van der Waals surface area contributed by atoms with Crippen molar-refractivity contribution in [1.82, 2.24) is 9.78 Å². The normalized spacial score (nSPS) is 11.3. The molecule has 1 amide bonds. The fraction of sp³-hybridized carbons (Fsp3) is 0.375. The van der Waals surface area contributed by atoms with Gasteiger partial charge >= 0.3 is 5.97 Å². The number of amides is 1. The Morgan fingerprint density at radius 3 is 2.75 bits per heavy atom. The van der Waals surface area contributed by atoms with Crippen LogP contribution < -0.4 is 9.54 Å². The van der Waals surface area contributed by atoms with Crippen molar-refractivity contribution in [2.75, 3.05) is 13.7 Å². The number of aromatic nitrogens is 2. The third kappa shape index (κ3) is 4.76. The molecule has 2 aromatic rings. The van der Waals surface area contributed by atoms with Crippen LogP contribution in [0, 0.1) is 0 Å². The lowest BCUT2D eigenvalue weighted by atomic mass is 10.2. The number of nitrogens with zero attached hydrogens (tertiary/aromatic N) is 3. The molecule has 1 aromatic carbocycles. The van der Waals surface area contributed by atoms with Gasteiger partial charge in [-0.3, -0.25) is 9.59 Å².